The Labute approximate surface area is 123 Å². The van der Waals surface area contributed by atoms with Crippen LogP contribution in [0, 0.1) is 0 Å². The Morgan fingerprint density at radius 3 is 2.57 bits per heavy atom. The van der Waals surface area contributed by atoms with Gasteiger partial charge in [0.15, 0.2) is 0 Å². The van der Waals surface area contributed by atoms with E-state index in [1.54, 1.807) is 6.07 Å². The minimum absolute atomic E-state index is 0.0377. The summed E-state index contributed by atoms with van der Waals surface area (Å²) >= 11 is 0. The quantitative estimate of drug-likeness (QED) is 0.752. The van der Waals surface area contributed by atoms with E-state index in [0.717, 1.165) is 4.31 Å². The van der Waals surface area contributed by atoms with Gasteiger partial charge in [-0.3, -0.25) is 4.79 Å². The largest absolute Gasteiger partial charge is 0.478 e. The number of hydrogen-bond acceptors (Lipinski definition) is 4. The van der Waals surface area contributed by atoms with Crippen molar-refractivity contribution >= 4 is 21.9 Å². The van der Waals surface area contributed by atoms with E-state index in [0.29, 0.717) is 5.56 Å². The topological polar surface area (TPSA) is 104 Å². The molecular weight excluding hydrogens is 296 g/mol. The van der Waals surface area contributed by atoms with Gasteiger partial charge in [0, 0.05) is 27.1 Å². The van der Waals surface area contributed by atoms with E-state index in [-0.39, 0.29) is 30.2 Å². The molecule has 0 unspecified atom stereocenters. The first-order chi connectivity index (χ1) is 9.76. The van der Waals surface area contributed by atoms with Crippen LogP contribution in [-0.4, -0.2) is 50.3 Å². The van der Waals surface area contributed by atoms with Gasteiger partial charge < -0.3 is 10.4 Å². The Bertz CT molecular complexity index is 627. The van der Waals surface area contributed by atoms with Gasteiger partial charge in [0.1, 0.15) is 0 Å². The minimum atomic E-state index is -3.60. The second-order valence-corrected chi connectivity index (χ2v) is 6.58. The summed E-state index contributed by atoms with van der Waals surface area (Å²) in [6, 6.07) is 5.77. The van der Waals surface area contributed by atoms with Crippen molar-refractivity contribution in [3.63, 3.8) is 0 Å². The predicted molar refractivity (Wildman–Crippen MR) is 77.3 cm³/mol. The molecule has 116 valence electrons. The van der Waals surface area contributed by atoms with Gasteiger partial charge in [-0.1, -0.05) is 12.1 Å². The van der Waals surface area contributed by atoms with Crippen molar-refractivity contribution in [2.75, 3.05) is 20.6 Å². The van der Waals surface area contributed by atoms with Gasteiger partial charge in [0.05, 0.1) is 11.3 Å². The fourth-order valence-electron chi connectivity index (χ4n) is 1.64. The van der Waals surface area contributed by atoms with Crippen LogP contribution in [0.4, 0.5) is 0 Å². The number of carbonyl (C=O) groups excluding carboxylic acids is 1. The summed E-state index contributed by atoms with van der Waals surface area (Å²) in [6.07, 6.45) is 0.0708. The van der Waals surface area contributed by atoms with E-state index in [1.165, 1.54) is 32.3 Å². The molecule has 0 aromatic heterocycles. The minimum Gasteiger partial charge on any atom is -0.478 e. The second-order valence-electron chi connectivity index (χ2n) is 4.51. The molecule has 1 aromatic rings. The first-order valence-electron chi connectivity index (χ1n) is 6.23. The number of aromatic carboxylic acids is 1. The lowest BCUT2D eigenvalue weighted by molar-refractivity contribution is -0.120. The molecule has 0 atom stereocenters. The van der Waals surface area contributed by atoms with Crippen molar-refractivity contribution in [2.45, 2.75) is 12.2 Å². The van der Waals surface area contributed by atoms with Gasteiger partial charge in [0.2, 0.25) is 15.9 Å². The van der Waals surface area contributed by atoms with E-state index in [4.69, 9.17) is 5.11 Å². The number of sulfonamides is 1. The molecule has 2 N–H and O–H groups in total. The van der Waals surface area contributed by atoms with Gasteiger partial charge >= 0.3 is 5.97 Å². The van der Waals surface area contributed by atoms with Crippen molar-refractivity contribution in [1.82, 2.24) is 9.62 Å². The highest BCUT2D eigenvalue weighted by Gasteiger charge is 2.19. The molecule has 1 amide bonds. The smallest absolute Gasteiger partial charge is 0.335 e. The zero-order chi connectivity index (χ0) is 16.0. The maximum Gasteiger partial charge on any atom is 0.335 e. The van der Waals surface area contributed by atoms with E-state index in [9.17, 15) is 18.0 Å². The molecule has 0 saturated heterocycles. The maximum absolute atomic E-state index is 12.1. The number of nitrogens with one attached hydrogen (secondary N) is 1. The molecule has 0 radical (unpaired) electrons. The summed E-state index contributed by atoms with van der Waals surface area (Å²) in [5.41, 5.74) is 0.428. The molecule has 7 nitrogen and oxygen atoms in total. The van der Waals surface area contributed by atoms with Crippen LogP contribution >= 0.6 is 0 Å². The van der Waals surface area contributed by atoms with E-state index in [1.807, 2.05) is 0 Å². The normalized spacial score (nSPS) is 11.4. The molecule has 21 heavy (non-hydrogen) atoms. The highest BCUT2D eigenvalue weighted by Crippen LogP contribution is 2.12. The molecule has 1 aromatic carbocycles. The lowest BCUT2D eigenvalue weighted by Gasteiger charge is -2.16. The summed E-state index contributed by atoms with van der Waals surface area (Å²) in [5.74, 6) is -1.66. The van der Waals surface area contributed by atoms with Crippen LogP contribution < -0.4 is 5.32 Å². The van der Waals surface area contributed by atoms with Gasteiger partial charge in [-0.05, 0) is 17.7 Å². The molecule has 0 fully saturated rings. The fourth-order valence-corrected chi connectivity index (χ4v) is 2.83. The number of hydrogen-bond donors (Lipinski definition) is 2. The molecule has 0 aliphatic carbocycles. The zero-order valence-electron chi connectivity index (χ0n) is 11.9. The second kappa shape index (κ2) is 7.19. The number of benzene rings is 1. The number of carbonyl (C=O) groups is 2. The lowest BCUT2D eigenvalue weighted by Crippen LogP contribution is -2.32. The van der Waals surface area contributed by atoms with E-state index in [2.05, 4.69) is 5.32 Å². The standard InChI is InChI=1S/C13H18N2O5S/c1-14-12(16)6-7-15(2)21(19,20)9-10-4-3-5-11(8-10)13(17)18/h3-5,8H,6-7,9H2,1-2H3,(H,14,16)(H,17,18). The monoisotopic (exact) mass is 314 g/mol. The number of amides is 1. The van der Waals surface area contributed by atoms with Gasteiger partial charge in [-0.2, -0.15) is 0 Å². The number of rotatable bonds is 7. The van der Waals surface area contributed by atoms with Crippen LogP contribution in [0.2, 0.25) is 0 Å². The van der Waals surface area contributed by atoms with Crippen molar-refractivity contribution < 1.29 is 23.1 Å². The number of carboxylic acids is 1. The number of carboxylic acid groups (broad SMARTS) is 1. The molecule has 0 heterocycles. The van der Waals surface area contributed by atoms with Crippen LogP contribution in [0.3, 0.4) is 0 Å². The fraction of sp³-hybridized carbons (Fsp3) is 0.385. The Morgan fingerprint density at radius 2 is 2.00 bits per heavy atom. The van der Waals surface area contributed by atoms with Crippen molar-refractivity contribution in [1.29, 1.82) is 0 Å². The summed E-state index contributed by atoms with van der Waals surface area (Å²) in [5, 5.41) is 11.3. The van der Waals surface area contributed by atoms with Crippen LogP contribution in [0.1, 0.15) is 22.3 Å². The maximum atomic E-state index is 12.1. The highest BCUT2D eigenvalue weighted by atomic mass is 32.2. The predicted octanol–water partition coefficient (Wildman–Crippen LogP) is 0.283. The first kappa shape index (κ1) is 17.1. The third kappa shape index (κ3) is 5.16. The molecular formula is C13H18N2O5S. The molecule has 8 heteroatoms. The molecule has 0 bridgehead atoms. The van der Waals surface area contributed by atoms with E-state index < -0.39 is 16.0 Å². The first-order valence-corrected chi connectivity index (χ1v) is 7.84. The van der Waals surface area contributed by atoms with Crippen molar-refractivity contribution in [3.8, 4) is 0 Å². The third-order valence-electron chi connectivity index (χ3n) is 2.93. The van der Waals surface area contributed by atoms with Crippen LogP contribution in [-0.2, 0) is 20.6 Å². The van der Waals surface area contributed by atoms with E-state index >= 15 is 0 Å². The zero-order valence-corrected chi connectivity index (χ0v) is 12.7. The third-order valence-corrected chi connectivity index (χ3v) is 4.76. The Hall–Kier alpha value is -1.93. The highest BCUT2D eigenvalue weighted by molar-refractivity contribution is 7.88. The molecule has 0 aliphatic rings. The average molecular weight is 314 g/mol. The average Bonchev–Trinajstić information content (AvgIpc) is 2.43. The van der Waals surface area contributed by atoms with Crippen molar-refractivity contribution in [2.24, 2.45) is 0 Å². The van der Waals surface area contributed by atoms with Crippen molar-refractivity contribution in [3.05, 3.63) is 35.4 Å². The lowest BCUT2D eigenvalue weighted by atomic mass is 10.1. The molecule has 0 spiro atoms. The van der Waals surface area contributed by atoms with Crippen LogP contribution in [0.5, 0.6) is 0 Å². The summed E-state index contributed by atoms with van der Waals surface area (Å²) in [6.45, 7) is 0.0701. The molecule has 0 aliphatic heterocycles. The van der Waals surface area contributed by atoms with Gasteiger partial charge in [-0.15, -0.1) is 0 Å². The Balaban J connectivity index is 2.77. The SMILES string of the molecule is CNC(=O)CCN(C)S(=O)(=O)Cc1cccc(C(=O)O)c1. The van der Waals surface area contributed by atoms with Gasteiger partial charge in [0.25, 0.3) is 0 Å². The Kier molecular flexibility index (Phi) is 5.86. The summed E-state index contributed by atoms with van der Waals surface area (Å²) in [4.78, 5) is 22.0. The Morgan fingerprint density at radius 1 is 1.33 bits per heavy atom. The van der Waals surface area contributed by atoms with Gasteiger partial charge in [-0.25, -0.2) is 17.5 Å². The molecule has 1 rings (SSSR count). The molecule has 0 saturated carbocycles. The summed E-state index contributed by atoms with van der Waals surface area (Å²) < 4.78 is 25.4. The number of nitrogens with zero attached hydrogens (tertiary/aromatic N) is 1. The summed E-state index contributed by atoms with van der Waals surface area (Å²) in [7, 11) is -0.731. The van der Waals surface area contributed by atoms with Crippen LogP contribution in [0.25, 0.3) is 0 Å². The van der Waals surface area contributed by atoms with Crippen LogP contribution in [0.15, 0.2) is 24.3 Å².